The molecule has 0 fully saturated rings. The number of benzene rings is 22. The highest BCUT2D eigenvalue weighted by atomic mass is 15.2. The van der Waals surface area contributed by atoms with Crippen LogP contribution in [0.15, 0.2) is 497 Å². The Morgan fingerprint density at radius 2 is 0.447 bits per heavy atom. The van der Waals surface area contributed by atoms with Crippen LogP contribution in [0.25, 0.3) is 121 Å². The first-order chi connectivity index (χ1) is 65.5. The molecular formula is C130H82N2. The zero-order valence-corrected chi connectivity index (χ0v) is 72.2. The van der Waals surface area contributed by atoms with Crippen molar-refractivity contribution in [1.82, 2.24) is 0 Å². The molecule has 0 bridgehead atoms. The summed E-state index contributed by atoms with van der Waals surface area (Å²) < 4.78 is 0. The van der Waals surface area contributed by atoms with Gasteiger partial charge >= 0.3 is 0 Å². The summed E-state index contributed by atoms with van der Waals surface area (Å²) in [7, 11) is 0. The second-order valence-corrected chi connectivity index (χ2v) is 36.6. The van der Waals surface area contributed by atoms with Gasteiger partial charge in [-0.15, -0.1) is 0 Å². The molecule has 2 spiro atoms. The minimum absolute atomic E-state index is 0.535. The summed E-state index contributed by atoms with van der Waals surface area (Å²) in [5.74, 6) is 0. The van der Waals surface area contributed by atoms with Crippen LogP contribution in [0.3, 0.4) is 0 Å². The maximum absolute atomic E-state index is 2.62. The third-order valence-electron chi connectivity index (χ3n) is 30.6. The average Bonchev–Trinajstić information content (AvgIpc) is 1.51. The predicted molar refractivity (Wildman–Crippen MR) is 546 cm³/mol. The monoisotopic (exact) mass is 1670 g/mol. The summed E-state index contributed by atoms with van der Waals surface area (Å²) >= 11 is 0. The lowest BCUT2D eigenvalue weighted by Crippen LogP contribution is -2.28. The molecule has 22 aromatic rings. The molecule has 0 heterocycles. The molecular weight excluding hydrogens is 1590 g/mol. The molecule has 2 heteroatoms. The normalized spacial score (nSPS) is 15.6. The topological polar surface area (TPSA) is 6.48 Å². The number of rotatable bonds is 12. The highest BCUT2D eigenvalue weighted by molar-refractivity contribution is 6.16. The van der Waals surface area contributed by atoms with Gasteiger partial charge in [0.25, 0.3) is 0 Å². The van der Waals surface area contributed by atoms with Crippen molar-refractivity contribution in [3.05, 3.63) is 586 Å². The molecule has 0 radical (unpaired) electrons. The molecule has 0 saturated carbocycles. The van der Waals surface area contributed by atoms with Crippen LogP contribution < -0.4 is 9.80 Å². The van der Waals surface area contributed by atoms with E-state index in [9.17, 15) is 0 Å². The summed E-state index contributed by atoms with van der Waals surface area (Å²) in [5, 5.41) is 7.30. The lowest BCUT2D eigenvalue weighted by atomic mass is 9.67. The van der Waals surface area contributed by atoms with E-state index in [1.54, 1.807) is 0 Å². The summed E-state index contributed by atoms with van der Waals surface area (Å²) in [5.41, 5.74) is 44.3. The van der Waals surface area contributed by atoms with E-state index >= 15 is 0 Å². The molecule has 6 aliphatic carbocycles. The molecule has 0 amide bonds. The molecule has 6 aliphatic rings. The lowest BCUT2D eigenvalue weighted by molar-refractivity contribution is 0.768. The number of hydrogen-bond acceptors (Lipinski definition) is 2. The molecule has 22 aromatic carbocycles. The van der Waals surface area contributed by atoms with Gasteiger partial charge in [-0.05, 0) is 261 Å². The zero-order valence-electron chi connectivity index (χ0n) is 72.2. The Morgan fingerprint density at radius 1 is 0.136 bits per heavy atom. The van der Waals surface area contributed by atoms with Crippen molar-refractivity contribution in [2.24, 2.45) is 0 Å². The predicted octanol–water partition coefficient (Wildman–Crippen LogP) is 32.8. The van der Waals surface area contributed by atoms with Gasteiger partial charge in [-0.1, -0.05) is 431 Å². The van der Waals surface area contributed by atoms with Crippen molar-refractivity contribution in [3.63, 3.8) is 0 Å². The van der Waals surface area contributed by atoms with E-state index < -0.39 is 21.7 Å². The Labute approximate surface area is 767 Å². The largest absolute Gasteiger partial charge is 0.310 e. The summed E-state index contributed by atoms with van der Waals surface area (Å²) in [6, 6.07) is 190. The van der Waals surface area contributed by atoms with E-state index in [2.05, 4.69) is 507 Å². The first-order valence-electron chi connectivity index (χ1n) is 46.3. The highest BCUT2D eigenvalue weighted by Gasteiger charge is 2.56. The van der Waals surface area contributed by atoms with Crippen molar-refractivity contribution >= 4 is 66.4 Å². The number of fused-ring (bicyclic) bond motifs is 30. The molecule has 612 valence electrons. The van der Waals surface area contributed by atoms with Crippen LogP contribution in [0.1, 0.15) is 89.0 Å². The number of hydrogen-bond donors (Lipinski definition) is 0. The van der Waals surface area contributed by atoms with Gasteiger partial charge in [0.05, 0.1) is 38.7 Å². The standard InChI is InChI=1S/C130H82N2/c1-4-35-90(36-5-1)127(91-37-6-2-7-38-91)110-51-23-18-46-102(110)108-81-95(73-76-117(108)127)131(94-71-66-85(67-72-94)87-63-62-83-32-10-11-33-86(83)78-87)122-60-30-58-120-125(122)105-49-21-29-57-116(105)130(120)114-55-27-20-45-101(114)107-79-88(68-75-119(107)130)84-64-69-93(70-65-84)128(92-39-8-3-9-40-92)111-52-24-19-47-103(111)109-82-96(74-77-118(109)128)132(124-80-89-34-12-13-41-97(89)98-42-14-15-48-104(98)124)123-61-31-59-121-126(123)106-50-22-28-56-115(106)129(121)112-53-25-16-43-99(112)100-44-17-26-54-113(100)129/h1-82H. The van der Waals surface area contributed by atoms with Gasteiger partial charge in [0, 0.05) is 33.6 Å². The molecule has 132 heavy (non-hydrogen) atoms. The minimum Gasteiger partial charge on any atom is -0.310 e. The Kier molecular flexibility index (Phi) is 16.0. The van der Waals surface area contributed by atoms with Gasteiger partial charge in [-0.3, -0.25) is 0 Å². The molecule has 2 unspecified atom stereocenters. The SMILES string of the molecule is c1ccc(C2(c3ccccc3)c3ccccc3-c3cc(N(c4ccc(-c5ccc6ccccc6c5)cc4)c4cccc5c4-c4ccccc4C54c5ccccc5-c5cc(-c6ccc(C7(c8ccccc8)c8ccccc8-c8cc(N(c9cccc%10c9-c9ccccc9C%109c%10ccccc%10-c%10ccccc%109)c9cc%10ccccc%10c%10ccccc9%10)ccc87)cc6)ccc54)ccc32)cc1. The first-order valence-corrected chi connectivity index (χ1v) is 46.3. The van der Waals surface area contributed by atoms with Crippen molar-refractivity contribution in [3.8, 4) is 89.0 Å². The van der Waals surface area contributed by atoms with E-state index in [1.807, 2.05) is 0 Å². The molecule has 2 atom stereocenters. The molecule has 0 aliphatic heterocycles. The number of nitrogens with zero attached hydrogens (tertiary/aromatic N) is 2. The third kappa shape index (κ3) is 10.0. The molecule has 28 rings (SSSR count). The Hall–Kier alpha value is -16.8. The molecule has 0 N–H and O–H groups in total. The summed E-state index contributed by atoms with van der Waals surface area (Å²) in [6.07, 6.45) is 0. The van der Waals surface area contributed by atoms with Crippen LogP contribution >= 0.6 is 0 Å². The van der Waals surface area contributed by atoms with Gasteiger partial charge in [0.1, 0.15) is 0 Å². The minimum atomic E-state index is -0.696. The fraction of sp³-hybridized carbons (Fsp3) is 0.0308. The van der Waals surface area contributed by atoms with Gasteiger partial charge < -0.3 is 9.80 Å². The van der Waals surface area contributed by atoms with E-state index in [1.165, 1.54) is 205 Å². The zero-order chi connectivity index (χ0) is 86.5. The number of anilines is 6. The highest BCUT2D eigenvalue weighted by Crippen LogP contribution is 2.69. The third-order valence-corrected chi connectivity index (χ3v) is 30.6. The second-order valence-electron chi connectivity index (χ2n) is 36.6. The van der Waals surface area contributed by atoms with Gasteiger partial charge in [-0.25, -0.2) is 0 Å². The van der Waals surface area contributed by atoms with E-state index in [0.29, 0.717) is 0 Å². The fourth-order valence-electron chi connectivity index (χ4n) is 25.5. The molecule has 2 nitrogen and oxygen atoms in total. The average molecular weight is 1670 g/mol. The van der Waals surface area contributed by atoms with Gasteiger partial charge in [0.2, 0.25) is 0 Å². The molecule has 0 saturated heterocycles. The van der Waals surface area contributed by atoms with E-state index in [0.717, 1.165) is 39.7 Å². The fourth-order valence-corrected chi connectivity index (χ4v) is 25.5. The van der Waals surface area contributed by atoms with E-state index in [-0.39, 0.29) is 0 Å². The van der Waals surface area contributed by atoms with Crippen molar-refractivity contribution in [2.75, 3.05) is 9.80 Å². The smallest absolute Gasteiger partial charge is 0.0726 e. The van der Waals surface area contributed by atoms with Crippen molar-refractivity contribution in [1.29, 1.82) is 0 Å². The van der Waals surface area contributed by atoms with Crippen LogP contribution in [0, 0.1) is 0 Å². The van der Waals surface area contributed by atoms with Crippen LogP contribution in [-0.2, 0) is 21.7 Å². The van der Waals surface area contributed by atoms with Crippen molar-refractivity contribution in [2.45, 2.75) is 21.7 Å². The second kappa shape index (κ2) is 28.4. The maximum Gasteiger partial charge on any atom is 0.0726 e. The molecule has 0 aromatic heterocycles. The Bertz CT molecular complexity index is 8510. The summed E-state index contributed by atoms with van der Waals surface area (Å²) in [4.78, 5) is 5.18. The first kappa shape index (κ1) is 74.3. The Morgan fingerprint density at radius 3 is 0.947 bits per heavy atom. The lowest BCUT2D eigenvalue weighted by Gasteiger charge is -2.35. The quantitative estimate of drug-likeness (QED) is 0.113. The van der Waals surface area contributed by atoms with Gasteiger partial charge in [-0.2, -0.15) is 0 Å². The van der Waals surface area contributed by atoms with Crippen LogP contribution in [-0.4, -0.2) is 0 Å². The summed E-state index contributed by atoms with van der Waals surface area (Å²) in [6.45, 7) is 0. The van der Waals surface area contributed by atoms with E-state index in [4.69, 9.17) is 0 Å². The van der Waals surface area contributed by atoms with Crippen LogP contribution in [0.5, 0.6) is 0 Å². The van der Waals surface area contributed by atoms with Gasteiger partial charge in [0.15, 0.2) is 0 Å². The van der Waals surface area contributed by atoms with Crippen LogP contribution in [0.4, 0.5) is 34.1 Å². The Balaban J connectivity index is 0.592. The van der Waals surface area contributed by atoms with Crippen LogP contribution in [0.2, 0.25) is 0 Å². The van der Waals surface area contributed by atoms with Crippen molar-refractivity contribution < 1.29 is 0 Å². The maximum atomic E-state index is 2.62.